The lowest BCUT2D eigenvalue weighted by Crippen LogP contribution is -2.47. The fraction of sp³-hybridized carbons (Fsp3) is 0.733. The molecule has 0 aliphatic carbocycles. The van der Waals surface area contributed by atoms with E-state index < -0.39 is 0 Å². The molecular formula is C15H23NO2S. The highest BCUT2D eigenvalue weighted by atomic mass is 32.1. The van der Waals surface area contributed by atoms with Crippen LogP contribution in [-0.2, 0) is 15.9 Å². The Morgan fingerprint density at radius 1 is 1.53 bits per heavy atom. The summed E-state index contributed by atoms with van der Waals surface area (Å²) >= 11 is 1.79. The number of likely N-dealkylation sites (N-methyl/N-ethyl adjacent to an activating group) is 1. The molecule has 0 saturated carbocycles. The fourth-order valence-electron chi connectivity index (χ4n) is 3.44. The molecule has 2 aliphatic heterocycles. The van der Waals surface area contributed by atoms with Gasteiger partial charge >= 0.3 is 0 Å². The summed E-state index contributed by atoms with van der Waals surface area (Å²) in [4.78, 5) is 0. The third-order valence-electron chi connectivity index (χ3n) is 4.57. The van der Waals surface area contributed by atoms with Gasteiger partial charge in [0.15, 0.2) is 0 Å². The van der Waals surface area contributed by atoms with E-state index in [-0.39, 0.29) is 5.60 Å². The summed E-state index contributed by atoms with van der Waals surface area (Å²) in [6.07, 6.45) is 4.50. The summed E-state index contributed by atoms with van der Waals surface area (Å²) in [6.45, 7) is 2.54. The normalized spacial score (nSPS) is 32.8. The Morgan fingerprint density at radius 2 is 2.47 bits per heavy atom. The number of hydrogen-bond donors (Lipinski definition) is 1. The number of nitrogens with one attached hydrogen (secondary N) is 1. The van der Waals surface area contributed by atoms with Gasteiger partial charge in [-0.2, -0.15) is 11.3 Å². The van der Waals surface area contributed by atoms with Gasteiger partial charge < -0.3 is 14.8 Å². The molecule has 4 heteroatoms. The van der Waals surface area contributed by atoms with Crippen molar-refractivity contribution < 1.29 is 9.47 Å². The number of ether oxygens (including phenoxy) is 2. The summed E-state index contributed by atoms with van der Waals surface area (Å²) in [5, 5.41) is 7.95. The molecule has 1 aromatic heterocycles. The van der Waals surface area contributed by atoms with Crippen LogP contribution in [0.5, 0.6) is 0 Å². The van der Waals surface area contributed by atoms with E-state index in [1.807, 2.05) is 0 Å². The van der Waals surface area contributed by atoms with Crippen molar-refractivity contribution in [2.75, 3.05) is 26.9 Å². The van der Waals surface area contributed by atoms with Crippen LogP contribution in [0.4, 0.5) is 0 Å². The second-order valence-corrected chi connectivity index (χ2v) is 6.60. The predicted molar refractivity (Wildman–Crippen MR) is 77.7 cm³/mol. The molecule has 3 nitrogen and oxygen atoms in total. The van der Waals surface area contributed by atoms with E-state index in [2.05, 4.69) is 29.2 Å². The van der Waals surface area contributed by atoms with Crippen molar-refractivity contribution in [3.05, 3.63) is 22.4 Å². The lowest BCUT2D eigenvalue weighted by Gasteiger charge is -2.40. The first kappa shape index (κ1) is 13.6. The van der Waals surface area contributed by atoms with Crippen molar-refractivity contribution in [1.82, 2.24) is 5.32 Å². The molecule has 2 fully saturated rings. The van der Waals surface area contributed by atoms with Crippen molar-refractivity contribution >= 4 is 11.3 Å². The SMILES string of the molecule is CNC(Cc1ccsc1)C1CCOC2(CCOC2)C1. The minimum absolute atomic E-state index is 0.0205. The van der Waals surface area contributed by atoms with E-state index in [0.29, 0.717) is 12.0 Å². The Bertz CT molecular complexity index is 387. The molecule has 19 heavy (non-hydrogen) atoms. The van der Waals surface area contributed by atoms with E-state index in [0.717, 1.165) is 45.5 Å². The first-order valence-electron chi connectivity index (χ1n) is 7.21. The largest absolute Gasteiger partial charge is 0.378 e. The molecule has 0 bridgehead atoms. The minimum Gasteiger partial charge on any atom is -0.378 e. The Labute approximate surface area is 119 Å². The lowest BCUT2D eigenvalue weighted by molar-refractivity contribution is -0.102. The number of rotatable bonds is 4. The third kappa shape index (κ3) is 3.02. The minimum atomic E-state index is 0.0205. The lowest BCUT2D eigenvalue weighted by atomic mass is 9.79. The Morgan fingerprint density at radius 3 is 3.16 bits per heavy atom. The molecule has 3 rings (SSSR count). The van der Waals surface area contributed by atoms with Crippen LogP contribution in [0.25, 0.3) is 0 Å². The van der Waals surface area contributed by atoms with Crippen molar-refractivity contribution in [3.63, 3.8) is 0 Å². The summed E-state index contributed by atoms with van der Waals surface area (Å²) < 4.78 is 11.6. The highest BCUT2D eigenvalue weighted by Crippen LogP contribution is 2.37. The van der Waals surface area contributed by atoms with Gasteiger partial charge in [0.25, 0.3) is 0 Å². The van der Waals surface area contributed by atoms with Crippen molar-refractivity contribution in [2.24, 2.45) is 5.92 Å². The van der Waals surface area contributed by atoms with Crippen molar-refractivity contribution in [1.29, 1.82) is 0 Å². The summed E-state index contributed by atoms with van der Waals surface area (Å²) in [6, 6.07) is 2.79. The first-order valence-corrected chi connectivity index (χ1v) is 8.16. The zero-order chi connectivity index (χ0) is 13.1. The van der Waals surface area contributed by atoms with Crippen LogP contribution < -0.4 is 5.32 Å². The maximum absolute atomic E-state index is 6.04. The van der Waals surface area contributed by atoms with E-state index in [1.54, 1.807) is 11.3 Å². The predicted octanol–water partition coefficient (Wildman–Crippen LogP) is 2.46. The topological polar surface area (TPSA) is 30.5 Å². The monoisotopic (exact) mass is 281 g/mol. The van der Waals surface area contributed by atoms with Gasteiger partial charge in [0.2, 0.25) is 0 Å². The molecule has 2 aliphatic rings. The summed E-state index contributed by atoms with van der Waals surface area (Å²) in [5.41, 5.74) is 1.47. The second-order valence-electron chi connectivity index (χ2n) is 5.82. The van der Waals surface area contributed by atoms with Crippen LogP contribution in [0.3, 0.4) is 0 Å². The van der Waals surface area contributed by atoms with Gasteiger partial charge in [-0.25, -0.2) is 0 Å². The first-order chi connectivity index (χ1) is 9.31. The third-order valence-corrected chi connectivity index (χ3v) is 5.31. The Kier molecular flexibility index (Phi) is 4.22. The summed E-state index contributed by atoms with van der Waals surface area (Å²) in [7, 11) is 2.09. The van der Waals surface area contributed by atoms with E-state index >= 15 is 0 Å². The molecule has 3 unspecified atom stereocenters. The molecule has 1 N–H and O–H groups in total. The van der Waals surface area contributed by atoms with Crippen LogP contribution in [0.15, 0.2) is 16.8 Å². The van der Waals surface area contributed by atoms with E-state index in [9.17, 15) is 0 Å². The molecule has 0 amide bonds. The number of hydrogen-bond acceptors (Lipinski definition) is 4. The van der Waals surface area contributed by atoms with E-state index in [4.69, 9.17) is 9.47 Å². The molecular weight excluding hydrogens is 258 g/mol. The van der Waals surface area contributed by atoms with Crippen molar-refractivity contribution in [3.8, 4) is 0 Å². The maximum atomic E-state index is 6.04. The molecule has 0 aromatic carbocycles. The highest BCUT2D eigenvalue weighted by molar-refractivity contribution is 7.07. The average Bonchev–Trinajstić information content (AvgIpc) is 3.08. The highest BCUT2D eigenvalue weighted by Gasteiger charge is 2.42. The van der Waals surface area contributed by atoms with Gasteiger partial charge in [-0.3, -0.25) is 0 Å². The van der Waals surface area contributed by atoms with Crippen LogP contribution in [0.2, 0.25) is 0 Å². The Balaban J connectivity index is 1.65. The van der Waals surface area contributed by atoms with Gasteiger partial charge in [0, 0.05) is 25.7 Å². The zero-order valence-corrected chi connectivity index (χ0v) is 12.4. The second kappa shape index (κ2) is 5.92. The Hall–Kier alpha value is -0.420. The molecule has 0 radical (unpaired) electrons. The molecule has 3 heterocycles. The molecule has 3 atom stereocenters. The smallest absolute Gasteiger partial charge is 0.0939 e. The standard InChI is InChI=1S/C15H23NO2S/c1-16-14(8-12-3-7-19-10-12)13-2-5-18-15(9-13)4-6-17-11-15/h3,7,10,13-14,16H,2,4-6,8-9,11H2,1H3. The fourth-order valence-corrected chi connectivity index (χ4v) is 4.12. The maximum Gasteiger partial charge on any atom is 0.0939 e. The van der Waals surface area contributed by atoms with E-state index in [1.165, 1.54) is 5.56 Å². The zero-order valence-electron chi connectivity index (χ0n) is 11.6. The van der Waals surface area contributed by atoms with Crippen molar-refractivity contribution in [2.45, 2.75) is 37.3 Å². The number of thiophene rings is 1. The van der Waals surface area contributed by atoms with Crippen LogP contribution in [0.1, 0.15) is 24.8 Å². The summed E-state index contributed by atoms with van der Waals surface area (Å²) in [5.74, 6) is 0.695. The van der Waals surface area contributed by atoms with Gasteiger partial charge in [-0.1, -0.05) is 0 Å². The van der Waals surface area contributed by atoms with Crippen LogP contribution in [0, 0.1) is 5.92 Å². The average molecular weight is 281 g/mol. The van der Waals surface area contributed by atoms with Gasteiger partial charge in [0.05, 0.1) is 12.2 Å². The molecule has 1 aromatic rings. The van der Waals surface area contributed by atoms with Gasteiger partial charge in [-0.05, 0) is 54.6 Å². The quantitative estimate of drug-likeness (QED) is 0.919. The van der Waals surface area contributed by atoms with Crippen LogP contribution in [-0.4, -0.2) is 38.5 Å². The molecule has 2 saturated heterocycles. The van der Waals surface area contributed by atoms with Crippen LogP contribution >= 0.6 is 11.3 Å². The molecule has 1 spiro atoms. The molecule has 106 valence electrons. The van der Waals surface area contributed by atoms with Gasteiger partial charge in [0.1, 0.15) is 0 Å². The van der Waals surface area contributed by atoms with Gasteiger partial charge in [-0.15, -0.1) is 0 Å².